The van der Waals surface area contributed by atoms with Crippen LogP contribution in [0.25, 0.3) is 0 Å². The summed E-state index contributed by atoms with van der Waals surface area (Å²) in [4.78, 5) is 11.0. The molecule has 1 aromatic carbocycles. The molecule has 0 saturated carbocycles. The first-order chi connectivity index (χ1) is 6.43. The molecule has 14 heavy (non-hydrogen) atoms. The van der Waals surface area contributed by atoms with E-state index in [0.717, 1.165) is 12.1 Å². The number of halogens is 3. The minimum atomic E-state index is -2.89. The van der Waals surface area contributed by atoms with Crippen molar-refractivity contribution in [3.63, 3.8) is 0 Å². The Labute approximate surface area is 79.5 Å². The summed E-state index contributed by atoms with van der Waals surface area (Å²) < 4.78 is 37.5. The van der Waals surface area contributed by atoms with Crippen LogP contribution >= 0.6 is 0 Å². The highest BCUT2D eigenvalue weighted by molar-refractivity contribution is 5.95. The van der Waals surface area contributed by atoms with Crippen LogP contribution < -0.4 is 0 Å². The molecule has 1 rings (SSSR count). The van der Waals surface area contributed by atoms with Crippen LogP contribution in [0.5, 0.6) is 0 Å². The van der Waals surface area contributed by atoms with Gasteiger partial charge in [-0.05, 0) is 31.5 Å². The van der Waals surface area contributed by atoms with E-state index < -0.39 is 17.8 Å². The van der Waals surface area contributed by atoms with E-state index in [2.05, 4.69) is 0 Å². The van der Waals surface area contributed by atoms with Gasteiger partial charge in [-0.25, -0.2) is 13.2 Å². The Hall–Kier alpha value is -1.32. The highest BCUT2D eigenvalue weighted by atomic mass is 19.3. The first-order valence-electron chi connectivity index (χ1n) is 4.02. The van der Waals surface area contributed by atoms with Gasteiger partial charge in [0.25, 0.3) is 6.43 Å². The molecule has 0 aromatic heterocycles. The van der Waals surface area contributed by atoms with Gasteiger partial charge in [-0.3, -0.25) is 4.79 Å². The van der Waals surface area contributed by atoms with E-state index in [0.29, 0.717) is 5.56 Å². The van der Waals surface area contributed by atoms with E-state index in [4.69, 9.17) is 0 Å². The smallest absolute Gasteiger partial charge is 0.266 e. The second-order valence-corrected chi connectivity index (χ2v) is 3.05. The summed E-state index contributed by atoms with van der Waals surface area (Å²) in [6.45, 7) is 2.77. The quantitative estimate of drug-likeness (QED) is 0.672. The van der Waals surface area contributed by atoms with Crippen molar-refractivity contribution >= 4 is 5.78 Å². The molecule has 0 radical (unpaired) electrons. The SMILES string of the molecule is CC(=O)c1cc(C(F)F)c(F)cc1C. The zero-order valence-corrected chi connectivity index (χ0v) is 7.77. The third-order valence-electron chi connectivity index (χ3n) is 1.96. The van der Waals surface area contributed by atoms with Crippen LogP contribution in [0.3, 0.4) is 0 Å². The molecule has 1 nitrogen and oxygen atoms in total. The van der Waals surface area contributed by atoms with Crippen molar-refractivity contribution in [2.75, 3.05) is 0 Å². The maximum Gasteiger partial charge on any atom is 0.266 e. The summed E-state index contributed by atoms with van der Waals surface area (Å²) in [5, 5.41) is 0. The summed E-state index contributed by atoms with van der Waals surface area (Å²) in [5.41, 5.74) is -0.207. The van der Waals surface area contributed by atoms with Gasteiger partial charge in [0.1, 0.15) is 5.82 Å². The minimum absolute atomic E-state index is 0.140. The van der Waals surface area contributed by atoms with Crippen LogP contribution in [-0.2, 0) is 0 Å². The fourth-order valence-electron chi connectivity index (χ4n) is 1.24. The lowest BCUT2D eigenvalue weighted by atomic mass is 10.0. The van der Waals surface area contributed by atoms with Crippen molar-refractivity contribution in [3.8, 4) is 0 Å². The number of carbonyl (C=O) groups is 1. The minimum Gasteiger partial charge on any atom is -0.295 e. The monoisotopic (exact) mass is 202 g/mol. The number of carbonyl (C=O) groups excluding carboxylic acids is 1. The Morgan fingerprint density at radius 1 is 1.36 bits per heavy atom. The molecule has 0 unspecified atom stereocenters. The summed E-state index contributed by atoms with van der Waals surface area (Å²) >= 11 is 0. The molecular weight excluding hydrogens is 193 g/mol. The molecule has 0 aliphatic heterocycles. The van der Waals surface area contributed by atoms with Gasteiger partial charge in [0.05, 0.1) is 5.56 Å². The molecule has 0 amide bonds. The van der Waals surface area contributed by atoms with Crippen molar-refractivity contribution in [1.29, 1.82) is 0 Å². The maximum absolute atomic E-state index is 13.0. The number of hydrogen-bond acceptors (Lipinski definition) is 1. The molecule has 0 bridgehead atoms. The Morgan fingerprint density at radius 2 is 1.93 bits per heavy atom. The van der Waals surface area contributed by atoms with Gasteiger partial charge in [-0.2, -0.15) is 0 Å². The zero-order valence-electron chi connectivity index (χ0n) is 7.77. The highest BCUT2D eigenvalue weighted by Gasteiger charge is 2.16. The molecule has 0 atom stereocenters. The normalized spacial score (nSPS) is 10.7. The molecular formula is C10H9F3O. The average Bonchev–Trinajstić information content (AvgIpc) is 2.02. The molecule has 0 spiro atoms. The maximum atomic E-state index is 13.0. The van der Waals surface area contributed by atoms with Crippen molar-refractivity contribution in [2.45, 2.75) is 20.3 Å². The molecule has 0 N–H and O–H groups in total. The lowest BCUT2D eigenvalue weighted by molar-refractivity contribution is 0.101. The Morgan fingerprint density at radius 3 is 2.36 bits per heavy atom. The molecule has 0 fully saturated rings. The van der Waals surface area contributed by atoms with E-state index in [1.165, 1.54) is 13.8 Å². The molecule has 0 aliphatic carbocycles. The zero-order chi connectivity index (χ0) is 10.9. The van der Waals surface area contributed by atoms with E-state index in [1.54, 1.807) is 0 Å². The van der Waals surface area contributed by atoms with E-state index >= 15 is 0 Å². The van der Waals surface area contributed by atoms with E-state index in [9.17, 15) is 18.0 Å². The first kappa shape index (κ1) is 10.8. The number of rotatable bonds is 2. The van der Waals surface area contributed by atoms with Gasteiger partial charge < -0.3 is 0 Å². The molecule has 4 heteroatoms. The van der Waals surface area contributed by atoms with Crippen LogP contribution in [0.4, 0.5) is 13.2 Å². The summed E-state index contributed by atoms with van der Waals surface area (Å²) in [6.07, 6.45) is -2.89. The number of ketones is 1. The van der Waals surface area contributed by atoms with Gasteiger partial charge in [-0.15, -0.1) is 0 Å². The lowest BCUT2D eigenvalue weighted by Crippen LogP contribution is -2.01. The van der Waals surface area contributed by atoms with E-state index in [1.807, 2.05) is 0 Å². The van der Waals surface area contributed by atoms with Crippen LogP contribution in [0, 0.1) is 12.7 Å². The fraction of sp³-hybridized carbons (Fsp3) is 0.300. The van der Waals surface area contributed by atoms with Gasteiger partial charge in [0, 0.05) is 5.56 Å². The lowest BCUT2D eigenvalue weighted by Gasteiger charge is -2.07. The van der Waals surface area contributed by atoms with Gasteiger partial charge in [0.2, 0.25) is 0 Å². The number of hydrogen-bond donors (Lipinski definition) is 0. The number of benzene rings is 1. The molecule has 76 valence electrons. The second kappa shape index (κ2) is 3.82. The van der Waals surface area contributed by atoms with Crippen molar-refractivity contribution in [3.05, 3.63) is 34.6 Å². The highest BCUT2D eigenvalue weighted by Crippen LogP contribution is 2.25. The molecule has 1 aromatic rings. The number of Topliss-reactive ketones (excluding diaryl/α,β-unsaturated/α-hetero) is 1. The van der Waals surface area contributed by atoms with E-state index in [-0.39, 0.29) is 11.3 Å². The van der Waals surface area contributed by atoms with Gasteiger partial charge in [-0.1, -0.05) is 0 Å². The largest absolute Gasteiger partial charge is 0.295 e. The Balaban J connectivity index is 3.34. The van der Waals surface area contributed by atoms with Crippen molar-refractivity contribution in [2.24, 2.45) is 0 Å². The number of alkyl halides is 2. The third kappa shape index (κ3) is 1.95. The Kier molecular flexibility index (Phi) is 2.93. The standard InChI is InChI=1S/C10H9F3O/c1-5-3-9(11)8(10(12)13)4-7(5)6(2)14/h3-4,10H,1-2H3. The molecule has 0 aliphatic rings. The van der Waals surface area contributed by atoms with Crippen LogP contribution in [-0.4, -0.2) is 5.78 Å². The second-order valence-electron chi connectivity index (χ2n) is 3.05. The molecule has 0 heterocycles. The summed E-state index contributed by atoms with van der Waals surface area (Å²) in [5.74, 6) is -1.31. The first-order valence-corrected chi connectivity index (χ1v) is 4.02. The average molecular weight is 202 g/mol. The van der Waals surface area contributed by atoms with Crippen LogP contribution in [0.15, 0.2) is 12.1 Å². The fourth-order valence-corrected chi connectivity index (χ4v) is 1.24. The third-order valence-corrected chi connectivity index (χ3v) is 1.96. The van der Waals surface area contributed by atoms with Gasteiger partial charge in [0.15, 0.2) is 5.78 Å². The topological polar surface area (TPSA) is 17.1 Å². The predicted octanol–water partition coefficient (Wildman–Crippen LogP) is 3.27. The number of aryl methyl sites for hydroxylation is 1. The Bertz CT molecular complexity index is 372. The van der Waals surface area contributed by atoms with Crippen LogP contribution in [0.1, 0.15) is 34.8 Å². The molecule has 0 saturated heterocycles. The summed E-state index contributed by atoms with van der Waals surface area (Å²) in [7, 11) is 0. The van der Waals surface area contributed by atoms with Crippen molar-refractivity contribution in [1.82, 2.24) is 0 Å². The van der Waals surface area contributed by atoms with Gasteiger partial charge >= 0.3 is 0 Å². The summed E-state index contributed by atoms with van der Waals surface area (Å²) in [6, 6.07) is 1.87. The predicted molar refractivity (Wildman–Crippen MR) is 46.1 cm³/mol. The van der Waals surface area contributed by atoms with Crippen molar-refractivity contribution < 1.29 is 18.0 Å². The van der Waals surface area contributed by atoms with Crippen LogP contribution in [0.2, 0.25) is 0 Å².